The molecule has 0 bridgehead atoms. The van der Waals surface area contributed by atoms with E-state index in [1.807, 2.05) is 0 Å². The number of rotatable bonds is 5. The van der Waals surface area contributed by atoms with Crippen molar-refractivity contribution in [1.82, 2.24) is 0 Å². The van der Waals surface area contributed by atoms with Crippen LogP contribution in [0.2, 0.25) is 0 Å². The van der Waals surface area contributed by atoms with Crippen LogP contribution in [-0.4, -0.2) is 23.0 Å². The Bertz CT molecular complexity index is 523. The third kappa shape index (κ3) is 4.60. The summed E-state index contributed by atoms with van der Waals surface area (Å²) >= 11 is 0. The maximum atomic E-state index is 11.7. The van der Waals surface area contributed by atoms with Crippen LogP contribution in [0.3, 0.4) is 0 Å². The minimum absolute atomic E-state index is 0.135. The monoisotopic (exact) mass is 279 g/mol. The molecule has 0 spiro atoms. The van der Waals surface area contributed by atoms with Crippen molar-refractivity contribution in [1.29, 1.82) is 0 Å². The number of carbonyl (C=O) groups excluding carboxylic acids is 2. The first-order valence-electron chi connectivity index (χ1n) is 5.90. The van der Waals surface area contributed by atoms with E-state index in [1.54, 1.807) is 24.3 Å². The van der Waals surface area contributed by atoms with E-state index in [0.29, 0.717) is 11.4 Å². The first-order chi connectivity index (χ1) is 9.20. The Hall–Kier alpha value is -2.57. The molecule has 0 saturated heterocycles. The molecule has 1 rings (SSSR count). The van der Waals surface area contributed by atoms with Crippen molar-refractivity contribution in [3.8, 4) is 0 Å². The van der Waals surface area contributed by atoms with Gasteiger partial charge < -0.3 is 21.5 Å². The molecule has 0 radical (unpaired) electrons. The van der Waals surface area contributed by atoms with Gasteiger partial charge in [0.25, 0.3) is 0 Å². The lowest BCUT2D eigenvalue weighted by Gasteiger charge is -2.18. The highest BCUT2D eigenvalue weighted by Gasteiger charge is 2.30. The highest BCUT2D eigenvalue weighted by atomic mass is 16.4. The van der Waals surface area contributed by atoms with Crippen molar-refractivity contribution in [2.24, 2.45) is 11.1 Å². The molecule has 5 N–H and O–H groups in total. The SMILES string of the molecule is CC(C)(CC(=O)Nc1ccc(NC(N)=O)cc1)C(=O)O. The smallest absolute Gasteiger partial charge is 0.316 e. The van der Waals surface area contributed by atoms with Crippen LogP contribution in [0, 0.1) is 5.41 Å². The summed E-state index contributed by atoms with van der Waals surface area (Å²) in [6.45, 7) is 2.96. The Labute approximate surface area is 116 Å². The Morgan fingerprint density at radius 2 is 1.55 bits per heavy atom. The number of carboxylic acids is 1. The van der Waals surface area contributed by atoms with Gasteiger partial charge in [-0.05, 0) is 38.1 Å². The van der Waals surface area contributed by atoms with Gasteiger partial charge >= 0.3 is 12.0 Å². The summed E-state index contributed by atoms with van der Waals surface area (Å²) in [7, 11) is 0. The maximum absolute atomic E-state index is 11.7. The van der Waals surface area contributed by atoms with Crippen LogP contribution in [-0.2, 0) is 9.59 Å². The highest BCUT2D eigenvalue weighted by Crippen LogP contribution is 2.21. The van der Waals surface area contributed by atoms with E-state index >= 15 is 0 Å². The van der Waals surface area contributed by atoms with E-state index in [-0.39, 0.29) is 6.42 Å². The van der Waals surface area contributed by atoms with Crippen LogP contribution >= 0.6 is 0 Å². The summed E-state index contributed by atoms with van der Waals surface area (Å²) in [6, 6.07) is 5.63. The first kappa shape index (κ1) is 15.5. The Balaban J connectivity index is 2.63. The van der Waals surface area contributed by atoms with Crippen LogP contribution in [0.4, 0.5) is 16.2 Å². The van der Waals surface area contributed by atoms with Gasteiger partial charge in [-0.3, -0.25) is 9.59 Å². The Morgan fingerprint density at radius 1 is 1.10 bits per heavy atom. The average molecular weight is 279 g/mol. The van der Waals surface area contributed by atoms with E-state index < -0.39 is 23.3 Å². The number of carbonyl (C=O) groups is 3. The molecule has 0 saturated carbocycles. The summed E-state index contributed by atoms with van der Waals surface area (Å²) in [5, 5.41) is 13.9. The predicted molar refractivity (Wildman–Crippen MR) is 74.3 cm³/mol. The molecule has 0 aliphatic heterocycles. The van der Waals surface area contributed by atoms with Gasteiger partial charge in [0.15, 0.2) is 0 Å². The lowest BCUT2D eigenvalue weighted by molar-refractivity contribution is -0.148. The molecule has 0 unspecified atom stereocenters. The number of nitrogens with one attached hydrogen (secondary N) is 2. The number of nitrogens with two attached hydrogens (primary N) is 1. The minimum Gasteiger partial charge on any atom is -0.481 e. The zero-order valence-corrected chi connectivity index (χ0v) is 11.3. The maximum Gasteiger partial charge on any atom is 0.316 e. The summed E-state index contributed by atoms with van der Waals surface area (Å²) in [6.07, 6.45) is -0.135. The lowest BCUT2D eigenvalue weighted by Crippen LogP contribution is -2.29. The third-order valence-electron chi connectivity index (χ3n) is 2.62. The fourth-order valence-corrected chi connectivity index (χ4v) is 1.46. The van der Waals surface area contributed by atoms with Crippen molar-refractivity contribution in [2.75, 3.05) is 10.6 Å². The zero-order valence-electron chi connectivity index (χ0n) is 11.3. The van der Waals surface area contributed by atoms with Gasteiger partial charge in [-0.25, -0.2) is 4.79 Å². The van der Waals surface area contributed by atoms with Gasteiger partial charge in [-0.15, -0.1) is 0 Å². The molecular weight excluding hydrogens is 262 g/mol. The van der Waals surface area contributed by atoms with Crippen LogP contribution in [0.1, 0.15) is 20.3 Å². The van der Waals surface area contributed by atoms with Crippen molar-refractivity contribution in [3.05, 3.63) is 24.3 Å². The summed E-state index contributed by atoms with van der Waals surface area (Å²) in [5.74, 6) is -1.43. The highest BCUT2D eigenvalue weighted by molar-refractivity contribution is 5.94. The van der Waals surface area contributed by atoms with Gasteiger partial charge in [0.1, 0.15) is 0 Å². The summed E-state index contributed by atoms with van der Waals surface area (Å²) in [5.41, 5.74) is 4.85. The number of anilines is 2. The molecule has 20 heavy (non-hydrogen) atoms. The van der Waals surface area contributed by atoms with E-state index in [9.17, 15) is 14.4 Å². The number of carboxylic acid groups (broad SMARTS) is 1. The fourth-order valence-electron chi connectivity index (χ4n) is 1.46. The molecule has 7 heteroatoms. The molecule has 108 valence electrons. The number of urea groups is 1. The molecule has 3 amide bonds. The van der Waals surface area contributed by atoms with Crippen LogP contribution < -0.4 is 16.4 Å². The van der Waals surface area contributed by atoms with E-state index in [0.717, 1.165) is 0 Å². The van der Waals surface area contributed by atoms with Crippen molar-refractivity contribution < 1.29 is 19.5 Å². The molecule has 1 aromatic rings. The number of aliphatic carboxylic acids is 1. The summed E-state index contributed by atoms with van der Waals surface area (Å²) < 4.78 is 0. The molecule has 0 aliphatic rings. The van der Waals surface area contributed by atoms with Gasteiger partial charge in [0, 0.05) is 17.8 Å². The lowest BCUT2D eigenvalue weighted by atomic mass is 9.89. The van der Waals surface area contributed by atoms with Crippen LogP contribution in [0.5, 0.6) is 0 Å². The second-order valence-corrected chi connectivity index (χ2v) is 4.98. The molecular formula is C13H17N3O4. The molecule has 7 nitrogen and oxygen atoms in total. The van der Waals surface area contributed by atoms with Crippen molar-refractivity contribution in [3.63, 3.8) is 0 Å². The van der Waals surface area contributed by atoms with E-state index in [1.165, 1.54) is 13.8 Å². The largest absolute Gasteiger partial charge is 0.481 e. The second kappa shape index (κ2) is 6.05. The number of benzene rings is 1. The quantitative estimate of drug-likeness (QED) is 0.654. The van der Waals surface area contributed by atoms with Crippen LogP contribution in [0.25, 0.3) is 0 Å². The normalized spacial score (nSPS) is 10.7. The van der Waals surface area contributed by atoms with Gasteiger partial charge in [0.05, 0.1) is 5.41 Å². The molecule has 0 heterocycles. The number of hydrogen-bond acceptors (Lipinski definition) is 3. The first-order valence-corrected chi connectivity index (χ1v) is 5.90. The van der Waals surface area contributed by atoms with E-state index in [4.69, 9.17) is 10.8 Å². The second-order valence-electron chi connectivity index (χ2n) is 4.98. The molecule has 0 fully saturated rings. The number of amides is 3. The van der Waals surface area contributed by atoms with E-state index in [2.05, 4.69) is 10.6 Å². The predicted octanol–water partition coefficient (Wildman–Crippen LogP) is 1.62. The topological polar surface area (TPSA) is 122 Å². The zero-order chi connectivity index (χ0) is 15.3. The molecule has 0 aliphatic carbocycles. The molecule has 0 aromatic heterocycles. The minimum atomic E-state index is -1.13. The third-order valence-corrected chi connectivity index (χ3v) is 2.62. The van der Waals surface area contributed by atoms with Gasteiger partial charge in [-0.2, -0.15) is 0 Å². The number of primary amides is 1. The fraction of sp³-hybridized carbons (Fsp3) is 0.308. The van der Waals surface area contributed by atoms with Gasteiger partial charge in [-0.1, -0.05) is 0 Å². The average Bonchev–Trinajstić information content (AvgIpc) is 2.30. The van der Waals surface area contributed by atoms with Crippen molar-refractivity contribution in [2.45, 2.75) is 20.3 Å². The summed E-state index contributed by atoms with van der Waals surface area (Å²) in [4.78, 5) is 33.3. The molecule has 0 atom stereocenters. The Morgan fingerprint density at radius 3 is 1.95 bits per heavy atom. The van der Waals surface area contributed by atoms with Crippen LogP contribution in [0.15, 0.2) is 24.3 Å². The van der Waals surface area contributed by atoms with Crippen molar-refractivity contribution >= 4 is 29.3 Å². The Kier molecular flexibility index (Phi) is 4.68. The standard InChI is InChI=1S/C13H17N3O4/c1-13(2,11(18)19)7-10(17)15-8-3-5-9(6-4-8)16-12(14)20/h3-6H,7H2,1-2H3,(H,15,17)(H,18,19)(H3,14,16,20). The van der Waals surface area contributed by atoms with Gasteiger partial charge in [0.2, 0.25) is 5.91 Å². The number of hydrogen-bond donors (Lipinski definition) is 4. The molecule has 1 aromatic carbocycles.